The van der Waals surface area contributed by atoms with E-state index in [4.69, 9.17) is 4.74 Å². The maximum Gasteiger partial charge on any atom is 0.257 e. The summed E-state index contributed by atoms with van der Waals surface area (Å²) < 4.78 is 44.6. The molecule has 7 heteroatoms. The van der Waals surface area contributed by atoms with Gasteiger partial charge in [-0.15, -0.1) is 0 Å². The third-order valence-electron chi connectivity index (χ3n) is 5.39. The van der Waals surface area contributed by atoms with Gasteiger partial charge < -0.3 is 9.64 Å². The molecule has 1 heterocycles. The summed E-state index contributed by atoms with van der Waals surface area (Å²) in [5, 5.41) is 0. The third kappa shape index (κ3) is 5.14. The topological polar surface area (TPSA) is 32.8 Å². The van der Waals surface area contributed by atoms with E-state index in [0.717, 1.165) is 11.1 Å². The summed E-state index contributed by atoms with van der Waals surface area (Å²) in [6.45, 7) is 4.35. The first kappa shape index (κ1) is 22.2. The molecule has 1 aliphatic rings. The van der Waals surface area contributed by atoms with Crippen molar-refractivity contribution in [2.45, 2.75) is 25.9 Å². The molecule has 4 nitrogen and oxygen atoms in total. The lowest BCUT2D eigenvalue weighted by atomic mass is 9.96. The number of hydrogen-bond donors (Lipinski definition) is 0. The zero-order valence-corrected chi connectivity index (χ0v) is 17.5. The van der Waals surface area contributed by atoms with Crippen LogP contribution >= 0.6 is 0 Å². The van der Waals surface area contributed by atoms with Crippen LogP contribution in [0.5, 0.6) is 5.75 Å². The molecule has 0 unspecified atom stereocenters. The predicted molar refractivity (Wildman–Crippen MR) is 111 cm³/mol. The first-order valence-electron chi connectivity index (χ1n) is 9.96. The van der Waals surface area contributed by atoms with Gasteiger partial charge in [-0.2, -0.15) is 0 Å². The summed E-state index contributed by atoms with van der Waals surface area (Å²) >= 11 is 0. The Balaban J connectivity index is 1.80. The number of hydrogen-bond acceptors (Lipinski definition) is 3. The minimum Gasteiger partial charge on any atom is -0.496 e. The summed E-state index contributed by atoms with van der Waals surface area (Å²) in [7, 11) is 1.50. The Bertz CT molecular complexity index is 871. The molecule has 2 aromatic rings. The Morgan fingerprint density at radius 3 is 2.17 bits per heavy atom. The molecule has 30 heavy (non-hydrogen) atoms. The second-order valence-electron chi connectivity index (χ2n) is 7.95. The lowest BCUT2D eigenvalue weighted by molar-refractivity contribution is 0.0457. The average molecular weight is 420 g/mol. The number of piperazine rings is 1. The monoisotopic (exact) mass is 420 g/mol. The molecular formula is C23H27F3N2O2. The molecule has 0 spiro atoms. The largest absolute Gasteiger partial charge is 0.496 e. The van der Waals surface area contributed by atoms with Crippen LogP contribution in [0.15, 0.2) is 42.5 Å². The fourth-order valence-corrected chi connectivity index (χ4v) is 3.61. The molecule has 0 atom stereocenters. The molecule has 0 bridgehead atoms. The first-order valence-corrected chi connectivity index (χ1v) is 9.96. The molecular weight excluding hydrogens is 393 g/mol. The van der Waals surface area contributed by atoms with Gasteiger partial charge >= 0.3 is 0 Å². The Morgan fingerprint density at radius 2 is 1.63 bits per heavy atom. The number of halogens is 3. The number of ether oxygens (including phenoxy) is 1. The van der Waals surface area contributed by atoms with Crippen LogP contribution in [0.1, 0.15) is 29.8 Å². The van der Waals surface area contributed by atoms with Crippen LogP contribution in [0.3, 0.4) is 0 Å². The number of carbonyl (C=O) groups excluding carboxylic acids is 1. The zero-order valence-electron chi connectivity index (χ0n) is 17.5. The van der Waals surface area contributed by atoms with E-state index in [1.807, 2.05) is 18.2 Å². The summed E-state index contributed by atoms with van der Waals surface area (Å²) in [6, 6.07) is 12.5. The summed E-state index contributed by atoms with van der Waals surface area (Å²) in [4.78, 5) is 16.4. The molecule has 162 valence electrons. The lowest BCUT2D eigenvalue weighted by Crippen LogP contribution is -2.49. The quantitative estimate of drug-likeness (QED) is 0.685. The standard InChI is InChI=1S/C23H27F3N2O2/c1-23(2,26)18-7-4-16(5-8-18)17-6-9-20(30-3)19(14-17)22(29)28-12-10-27(11-13-28)15-21(24)25/h4-9,14,21H,10-13,15H2,1-3H3. The van der Waals surface area contributed by atoms with Gasteiger partial charge in [-0.3, -0.25) is 9.69 Å². The Hall–Kier alpha value is -2.54. The molecule has 0 aromatic heterocycles. The highest BCUT2D eigenvalue weighted by molar-refractivity contribution is 5.98. The highest BCUT2D eigenvalue weighted by Gasteiger charge is 2.26. The minimum absolute atomic E-state index is 0.188. The van der Waals surface area contributed by atoms with Gasteiger partial charge in [-0.05, 0) is 42.7 Å². The fourth-order valence-electron chi connectivity index (χ4n) is 3.61. The van der Waals surface area contributed by atoms with E-state index in [1.165, 1.54) is 21.0 Å². The Labute approximate surface area is 175 Å². The van der Waals surface area contributed by atoms with Crippen molar-refractivity contribution < 1.29 is 22.7 Å². The normalized spacial score (nSPS) is 15.5. The fraction of sp³-hybridized carbons (Fsp3) is 0.435. The molecule has 0 N–H and O–H groups in total. The minimum atomic E-state index is -2.38. The number of amides is 1. The molecule has 0 saturated carbocycles. The van der Waals surface area contributed by atoms with Gasteiger partial charge in [0.25, 0.3) is 12.3 Å². The highest BCUT2D eigenvalue weighted by Crippen LogP contribution is 2.31. The molecule has 1 amide bonds. The van der Waals surface area contributed by atoms with Crippen LogP contribution in [0.2, 0.25) is 0 Å². The molecule has 1 aliphatic heterocycles. The van der Waals surface area contributed by atoms with E-state index in [9.17, 15) is 18.0 Å². The van der Waals surface area contributed by atoms with Crippen molar-refractivity contribution in [2.24, 2.45) is 0 Å². The van der Waals surface area contributed by atoms with Crippen LogP contribution < -0.4 is 4.74 Å². The van der Waals surface area contributed by atoms with Crippen LogP contribution in [0.4, 0.5) is 13.2 Å². The molecule has 1 saturated heterocycles. The summed E-state index contributed by atoms with van der Waals surface area (Å²) in [6.07, 6.45) is -2.38. The molecule has 2 aromatic carbocycles. The maximum atomic E-state index is 14.1. The summed E-state index contributed by atoms with van der Waals surface area (Å²) in [5.74, 6) is 0.271. The van der Waals surface area contributed by atoms with Gasteiger partial charge in [0.2, 0.25) is 0 Å². The number of methoxy groups -OCH3 is 1. The molecule has 3 rings (SSSR count). The highest BCUT2D eigenvalue weighted by atomic mass is 19.3. The van der Waals surface area contributed by atoms with Crippen molar-refractivity contribution >= 4 is 5.91 Å². The first-order chi connectivity index (χ1) is 14.2. The van der Waals surface area contributed by atoms with Crippen molar-refractivity contribution in [1.82, 2.24) is 9.80 Å². The van der Waals surface area contributed by atoms with Gasteiger partial charge in [-0.1, -0.05) is 30.3 Å². The van der Waals surface area contributed by atoms with Crippen LogP contribution in [0.25, 0.3) is 11.1 Å². The lowest BCUT2D eigenvalue weighted by Gasteiger charge is -2.34. The van der Waals surface area contributed by atoms with E-state index < -0.39 is 12.1 Å². The predicted octanol–water partition coefficient (Wildman–Crippen LogP) is 4.59. The van der Waals surface area contributed by atoms with Gasteiger partial charge in [0.15, 0.2) is 0 Å². The van der Waals surface area contributed by atoms with E-state index in [1.54, 1.807) is 34.1 Å². The van der Waals surface area contributed by atoms with Crippen LogP contribution in [-0.4, -0.2) is 62.0 Å². The van der Waals surface area contributed by atoms with Gasteiger partial charge in [-0.25, -0.2) is 13.2 Å². The van der Waals surface area contributed by atoms with Gasteiger partial charge in [0.05, 0.1) is 19.2 Å². The van der Waals surface area contributed by atoms with E-state index in [2.05, 4.69) is 0 Å². The SMILES string of the molecule is COc1ccc(-c2ccc(C(C)(C)F)cc2)cc1C(=O)N1CCN(CC(F)F)CC1. The molecule has 0 radical (unpaired) electrons. The maximum absolute atomic E-state index is 14.1. The van der Waals surface area contributed by atoms with Gasteiger partial charge in [0.1, 0.15) is 11.4 Å². The van der Waals surface area contributed by atoms with E-state index >= 15 is 0 Å². The van der Waals surface area contributed by atoms with Gasteiger partial charge in [0, 0.05) is 26.2 Å². The zero-order chi connectivity index (χ0) is 21.9. The number of rotatable bonds is 6. The summed E-state index contributed by atoms with van der Waals surface area (Å²) in [5.41, 5.74) is 1.26. The Morgan fingerprint density at radius 1 is 1.03 bits per heavy atom. The molecule has 0 aliphatic carbocycles. The second-order valence-corrected chi connectivity index (χ2v) is 7.95. The van der Waals surface area contributed by atoms with E-state index in [-0.39, 0.29) is 12.5 Å². The number of carbonyl (C=O) groups is 1. The number of nitrogens with zero attached hydrogens (tertiary/aromatic N) is 2. The van der Waals surface area contributed by atoms with Crippen molar-refractivity contribution in [3.63, 3.8) is 0 Å². The Kier molecular flexibility index (Phi) is 6.71. The van der Waals surface area contributed by atoms with Crippen molar-refractivity contribution in [3.05, 3.63) is 53.6 Å². The smallest absolute Gasteiger partial charge is 0.257 e. The van der Waals surface area contributed by atoms with E-state index in [0.29, 0.717) is 43.1 Å². The second kappa shape index (κ2) is 9.08. The van der Waals surface area contributed by atoms with Crippen molar-refractivity contribution in [3.8, 4) is 16.9 Å². The number of benzene rings is 2. The number of alkyl halides is 3. The average Bonchev–Trinajstić information content (AvgIpc) is 2.72. The third-order valence-corrected chi connectivity index (χ3v) is 5.39. The van der Waals surface area contributed by atoms with Crippen molar-refractivity contribution in [2.75, 3.05) is 39.8 Å². The molecule has 1 fully saturated rings. The van der Waals surface area contributed by atoms with Crippen molar-refractivity contribution in [1.29, 1.82) is 0 Å². The van der Waals surface area contributed by atoms with Crippen LogP contribution in [-0.2, 0) is 5.67 Å². The van der Waals surface area contributed by atoms with Crippen LogP contribution in [0, 0.1) is 0 Å².